The fourth-order valence-corrected chi connectivity index (χ4v) is 1.81. The lowest BCUT2D eigenvalue weighted by molar-refractivity contribution is -0.137. The van der Waals surface area contributed by atoms with Gasteiger partial charge in [-0.15, -0.1) is 0 Å². The summed E-state index contributed by atoms with van der Waals surface area (Å²) in [6, 6.07) is -0.00461. The van der Waals surface area contributed by atoms with Crippen molar-refractivity contribution >= 4 is 12.0 Å². The molecule has 0 aromatic rings. The number of carboxylic acids is 1. The molecule has 0 radical (unpaired) electrons. The summed E-state index contributed by atoms with van der Waals surface area (Å²) < 4.78 is 0. The molecule has 0 aromatic heterocycles. The second-order valence-corrected chi connectivity index (χ2v) is 4.13. The number of unbranched alkanes of at least 4 members (excludes halogenated alkanes) is 1. The van der Waals surface area contributed by atoms with Crippen LogP contribution in [0.2, 0.25) is 0 Å². The molecular formula is C11H20N2O3. The molecule has 5 heteroatoms. The van der Waals surface area contributed by atoms with Crippen molar-refractivity contribution in [3.63, 3.8) is 0 Å². The van der Waals surface area contributed by atoms with Gasteiger partial charge in [-0.3, -0.25) is 4.79 Å². The average molecular weight is 228 g/mol. The predicted molar refractivity (Wildman–Crippen MR) is 60.3 cm³/mol. The first-order valence-corrected chi connectivity index (χ1v) is 5.95. The molecule has 2 amide bonds. The highest BCUT2D eigenvalue weighted by molar-refractivity contribution is 5.74. The first kappa shape index (κ1) is 12.8. The summed E-state index contributed by atoms with van der Waals surface area (Å²) in [6.45, 7) is 2.27. The van der Waals surface area contributed by atoms with E-state index in [-0.39, 0.29) is 12.5 Å². The smallest absolute Gasteiger partial charge is 0.317 e. The van der Waals surface area contributed by atoms with Gasteiger partial charge in [0, 0.05) is 26.1 Å². The van der Waals surface area contributed by atoms with E-state index < -0.39 is 5.97 Å². The average Bonchev–Trinajstić information content (AvgIpc) is 2.29. The first-order valence-electron chi connectivity index (χ1n) is 5.95. The Labute approximate surface area is 95.8 Å². The van der Waals surface area contributed by atoms with Gasteiger partial charge in [-0.1, -0.05) is 0 Å². The van der Waals surface area contributed by atoms with Gasteiger partial charge in [0.25, 0.3) is 0 Å². The zero-order valence-electron chi connectivity index (χ0n) is 9.57. The number of carbonyl (C=O) groups excluding carboxylic acids is 1. The van der Waals surface area contributed by atoms with Gasteiger partial charge in [-0.2, -0.15) is 0 Å². The van der Waals surface area contributed by atoms with Gasteiger partial charge >= 0.3 is 12.0 Å². The lowest BCUT2D eigenvalue weighted by Gasteiger charge is -2.26. The Kier molecular flexibility index (Phi) is 5.67. The Balaban J connectivity index is 2.03. The molecule has 1 aliphatic rings. The summed E-state index contributed by atoms with van der Waals surface area (Å²) in [5.41, 5.74) is 0. The molecule has 16 heavy (non-hydrogen) atoms. The van der Waals surface area contributed by atoms with E-state index in [0.29, 0.717) is 13.0 Å². The zero-order valence-corrected chi connectivity index (χ0v) is 9.57. The van der Waals surface area contributed by atoms with Crippen molar-refractivity contribution < 1.29 is 14.7 Å². The van der Waals surface area contributed by atoms with Crippen LogP contribution in [0, 0.1) is 0 Å². The lowest BCUT2D eigenvalue weighted by Crippen LogP contribution is -2.43. The molecule has 0 unspecified atom stereocenters. The van der Waals surface area contributed by atoms with Crippen LogP contribution in [0.4, 0.5) is 4.79 Å². The first-order chi connectivity index (χ1) is 7.70. The Bertz CT molecular complexity index is 237. The summed E-state index contributed by atoms with van der Waals surface area (Å²) >= 11 is 0. The summed E-state index contributed by atoms with van der Waals surface area (Å²) in [5, 5.41) is 11.3. The van der Waals surface area contributed by atoms with E-state index in [2.05, 4.69) is 5.32 Å². The highest BCUT2D eigenvalue weighted by atomic mass is 16.4. The van der Waals surface area contributed by atoms with Gasteiger partial charge in [0.05, 0.1) is 0 Å². The summed E-state index contributed by atoms with van der Waals surface area (Å²) in [5.74, 6) is -0.776. The second-order valence-electron chi connectivity index (χ2n) is 4.13. The van der Waals surface area contributed by atoms with E-state index in [1.54, 1.807) is 0 Å². The number of hydrogen-bond acceptors (Lipinski definition) is 2. The van der Waals surface area contributed by atoms with Crippen LogP contribution in [0.1, 0.15) is 38.5 Å². The predicted octanol–water partition coefficient (Wildman–Crippen LogP) is 1.44. The quantitative estimate of drug-likeness (QED) is 0.699. The maximum Gasteiger partial charge on any atom is 0.317 e. The summed E-state index contributed by atoms with van der Waals surface area (Å²) in [6.07, 6.45) is 4.92. The number of nitrogens with one attached hydrogen (secondary N) is 1. The third-order valence-corrected chi connectivity index (χ3v) is 2.74. The molecule has 0 aromatic carbocycles. The minimum Gasteiger partial charge on any atom is -0.481 e. The number of hydrogen-bond donors (Lipinski definition) is 2. The normalized spacial score (nSPS) is 15.9. The largest absolute Gasteiger partial charge is 0.481 e. The number of carbonyl (C=O) groups is 2. The Morgan fingerprint density at radius 3 is 2.44 bits per heavy atom. The van der Waals surface area contributed by atoms with E-state index in [4.69, 9.17) is 5.11 Å². The highest BCUT2D eigenvalue weighted by Crippen LogP contribution is 2.08. The second kappa shape index (κ2) is 7.09. The molecule has 1 rings (SSSR count). The van der Waals surface area contributed by atoms with Gasteiger partial charge in [0.2, 0.25) is 0 Å². The van der Waals surface area contributed by atoms with Crippen molar-refractivity contribution in [2.75, 3.05) is 19.6 Å². The number of likely N-dealkylation sites (tertiary alicyclic amines) is 1. The molecule has 1 saturated heterocycles. The Morgan fingerprint density at radius 1 is 1.12 bits per heavy atom. The Hall–Kier alpha value is -1.26. The van der Waals surface area contributed by atoms with Gasteiger partial charge < -0.3 is 15.3 Å². The van der Waals surface area contributed by atoms with Crippen LogP contribution in [0.3, 0.4) is 0 Å². The van der Waals surface area contributed by atoms with Crippen LogP contribution >= 0.6 is 0 Å². The standard InChI is InChI=1S/C11H20N2O3/c14-10(15)6-2-3-7-12-11(16)13-8-4-1-5-9-13/h1-9H2,(H,12,16)(H,14,15). The van der Waals surface area contributed by atoms with Crippen molar-refractivity contribution in [2.45, 2.75) is 38.5 Å². The number of amides is 2. The van der Waals surface area contributed by atoms with Gasteiger partial charge in [-0.05, 0) is 32.1 Å². The van der Waals surface area contributed by atoms with E-state index in [9.17, 15) is 9.59 Å². The fourth-order valence-electron chi connectivity index (χ4n) is 1.81. The maximum absolute atomic E-state index is 11.6. The van der Waals surface area contributed by atoms with Gasteiger partial charge in [0.1, 0.15) is 0 Å². The number of aliphatic carboxylic acids is 1. The number of piperidine rings is 1. The molecule has 1 heterocycles. The molecule has 0 saturated carbocycles. The SMILES string of the molecule is O=C(O)CCCCNC(=O)N1CCCCC1. The minimum absolute atomic E-state index is 0.00461. The van der Waals surface area contributed by atoms with Crippen molar-refractivity contribution in [3.8, 4) is 0 Å². The molecule has 5 nitrogen and oxygen atoms in total. The van der Waals surface area contributed by atoms with Crippen LogP contribution in [-0.4, -0.2) is 41.6 Å². The lowest BCUT2D eigenvalue weighted by atomic mass is 10.1. The molecule has 2 N–H and O–H groups in total. The highest BCUT2D eigenvalue weighted by Gasteiger charge is 2.15. The molecule has 0 bridgehead atoms. The van der Waals surface area contributed by atoms with E-state index in [1.807, 2.05) is 4.90 Å². The molecule has 1 aliphatic heterocycles. The summed E-state index contributed by atoms with van der Waals surface area (Å²) in [4.78, 5) is 23.7. The van der Waals surface area contributed by atoms with Crippen LogP contribution in [0.15, 0.2) is 0 Å². The monoisotopic (exact) mass is 228 g/mol. The van der Waals surface area contributed by atoms with Crippen LogP contribution in [-0.2, 0) is 4.79 Å². The molecule has 0 spiro atoms. The number of nitrogens with zero attached hydrogens (tertiary/aromatic N) is 1. The zero-order chi connectivity index (χ0) is 11.8. The number of carboxylic acid groups (broad SMARTS) is 1. The van der Waals surface area contributed by atoms with Crippen LogP contribution in [0.25, 0.3) is 0 Å². The van der Waals surface area contributed by atoms with Gasteiger partial charge in [-0.25, -0.2) is 4.79 Å². The fraction of sp³-hybridized carbons (Fsp3) is 0.818. The maximum atomic E-state index is 11.6. The Morgan fingerprint density at radius 2 is 1.81 bits per heavy atom. The molecule has 1 fully saturated rings. The third kappa shape index (κ3) is 5.00. The van der Waals surface area contributed by atoms with E-state index in [1.165, 1.54) is 6.42 Å². The van der Waals surface area contributed by atoms with E-state index >= 15 is 0 Å². The molecular weight excluding hydrogens is 208 g/mol. The van der Waals surface area contributed by atoms with Crippen LogP contribution < -0.4 is 5.32 Å². The van der Waals surface area contributed by atoms with Crippen LogP contribution in [0.5, 0.6) is 0 Å². The topological polar surface area (TPSA) is 69.6 Å². The third-order valence-electron chi connectivity index (χ3n) is 2.74. The number of rotatable bonds is 5. The molecule has 0 aliphatic carbocycles. The van der Waals surface area contributed by atoms with Gasteiger partial charge in [0.15, 0.2) is 0 Å². The van der Waals surface area contributed by atoms with Crippen molar-refractivity contribution in [1.82, 2.24) is 10.2 Å². The van der Waals surface area contributed by atoms with E-state index in [0.717, 1.165) is 32.4 Å². The van der Waals surface area contributed by atoms with Crippen molar-refractivity contribution in [2.24, 2.45) is 0 Å². The summed E-state index contributed by atoms with van der Waals surface area (Å²) in [7, 11) is 0. The van der Waals surface area contributed by atoms with Crippen molar-refractivity contribution in [3.05, 3.63) is 0 Å². The molecule has 92 valence electrons. The minimum atomic E-state index is -0.776. The number of urea groups is 1. The van der Waals surface area contributed by atoms with Crippen molar-refractivity contribution in [1.29, 1.82) is 0 Å². The molecule has 0 atom stereocenters.